The quantitative estimate of drug-likeness (QED) is 0.518. The van der Waals surface area contributed by atoms with Gasteiger partial charge >= 0.3 is 0 Å². The van der Waals surface area contributed by atoms with Gasteiger partial charge in [-0.3, -0.25) is 4.79 Å². The highest BCUT2D eigenvalue weighted by atomic mass is 32.2. The van der Waals surface area contributed by atoms with Crippen molar-refractivity contribution in [2.24, 2.45) is 7.05 Å². The maximum Gasteiger partial charge on any atom is 0.234 e. The molecule has 1 heterocycles. The normalized spacial score (nSPS) is 10.8. The van der Waals surface area contributed by atoms with Gasteiger partial charge < -0.3 is 14.6 Å². The predicted octanol–water partition coefficient (Wildman–Crippen LogP) is 4.18. The molecule has 0 radical (unpaired) electrons. The van der Waals surface area contributed by atoms with Crippen LogP contribution in [0.5, 0.6) is 5.75 Å². The number of anilines is 1. The van der Waals surface area contributed by atoms with Gasteiger partial charge in [-0.1, -0.05) is 30.0 Å². The van der Waals surface area contributed by atoms with Crippen LogP contribution in [-0.2, 0) is 24.7 Å². The number of nitrogens with zero attached hydrogens (tertiary/aromatic N) is 3. The predicted molar refractivity (Wildman–Crippen MR) is 117 cm³/mol. The van der Waals surface area contributed by atoms with Crippen LogP contribution in [0.2, 0.25) is 0 Å². The molecule has 0 atom stereocenters. The van der Waals surface area contributed by atoms with Crippen molar-refractivity contribution in [1.82, 2.24) is 14.8 Å². The van der Waals surface area contributed by atoms with Crippen molar-refractivity contribution in [3.05, 3.63) is 65.2 Å². The van der Waals surface area contributed by atoms with E-state index in [2.05, 4.69) is 27.6 Å². The fourth-order valence-corrected chi connectivity index (χ4v) is 3.70. The number of halogens is 1. The molecule has 0 saturated carbocycles. The van der Waals surface area contributed by atoms with E-state index in [1.165, 1.54) is 23.4 Å². The molecule has 1 N–H and O–H groups in total. The van der Waals surface area contributed by atoms with Crippen LogP contribution >= 0.6 is 11.8 Å². The molecule has 3 aromatic rings. The van der Waals surface area contributed by atoms with Crippen molar-refractivity contribution in [3.63, 3.8) is 0 Å². The molecule has 30 heavy (non-hydrogen) atoms. The van der Waals surface area contributed by atoms with Crippen LogP contribution < -0.4 is 10.1 Å². The van der Waals surface area contributed by atoms with Crippen molar-refractivity contribution in [2.75, 3.05) is 18.2 Å². The monoisotopic (exact) mass is 428 g/mol. The summed E-state index contributed by atoms with van der Waals surface area (Å²) >= 11 is 1.28. The molecule has 0 saturated heterocycles. The Morgan fingerprint density at radius 2 is 1.93 bits per heavy atom. The average Bonchev–Trinajstić information content (AvgIpc) is 3.09. The second-order valence-electron chi connectivity index (χ2n) is 6.98. The summed E-state index contributed by atoms with van der Waals surface area (Å²) in [5.74, 6) is 1.13. The molecule has 158 valence electrons. The number of carbonyl (C=O) groups excluding carboxylic acids is 1. The third-order valence-corrected chi connectivity index (χ3v) is 5.70. The Bertz CT molecular complexity index is 1000. The lowest BCUT2D eigenvalue weighted by Gasteiger charge is -2.07. The number of aryl methyl sites for hydroxylation is 3. The first-order chi connectivity index (χ1) is 14.5. The van der Waals surface area contributed by atoms with Crippen LogP contribution in [0.3, 0.4) is 0 Å². The number of hydrogen-bond acceptors (Lipinski definition) is 5. The molecule has 6 nitrogen and oxygen atoms in total. The molecule has 0 unspecified atom stereocenters. The smallest absolute Gasteiger partial charge is 0.234 e. The summed E-state index contributed by atoms with van der Waals surface area (Å²) < 4.78 is 20.9. The lowest BCUT2D eigenvalue weighted by molar-refractivity contribution is -0.113. The Balaban J connectivity index is 1.47. The Morgan fingerprint density at radius 1 is 1.17 bits per heavy atom. The van der Waals surface area contributed by atoms with Gasteiger partial charge in [-0.2, -0.15) is 0 Å². The van der Waals surface area contributed by atoms with Crippen molar-refractivity contribution < 1.29 is 13.9 Å². The van der Waals surface area contributed by atoms with Crippen molar-refractivity contribution >= 4 is 23.4 Å². The van der Waals surface area contributed by atoms with E-state index >= 15 is 0 Å². The summed E-state index contributed by atoms with van der Waals surface area (Å²) in [4.78, 5) is 12.2. The number of methoxy groups -OCH3 is 1. The largest absolute Gasteiger partial charge is 0.497 e. The van der Waals surface area contributed by atoms with Crippen LogP contribution in [0.4, 0.5) is 10.1 Å². The van der Waals surface area contributed by atoms with Gasteiger partial charge in [0.05, 0.1) is 18.6 Å². The number of amides is 1. The van der Waals surface area contributed by atoms with E-state index in [0.29, 0.717) is 5.16 Å². The molecule has 1 aromatic heterocycles. The van der Waals surface area contributed by atoms with Gasteiger partial charge in [-0.25, -0.2) is 4.39 Å². The Hall–Kier alpha value is -2.87. The third-order valence-electron chi connectivity index (χ3n) is 4.68. The second-order valence-corrected chi connectivity index (χ2v) is 7.92. The summed E-state index contributed by atoms with van der Waals surface area (Å²) in [7, 11) is 3.55. The van der Waals surface area contributed by atoms with E-state index in [1.807, 2.05) is 23.7 Å². The molecule has 8 heteroatoms. The fraction of sp³-hybridized carbons (Fsp3) is 0.318. The molecule has 1 amide bonds. The van der Waals surface area contributed by atoms with Gasteiger partial charge in [0.2, 0.25) is 5.91 Å². The molecule has 0 aliphatic carbocycles. The summed E-state index contributed by atoms with van der Waals surface area (Å²) in [5, 5.41) is 11.7. The first-order valence-electron chi connectivity index (χ1n) is 9.66. The molecule has 3 rings (SSSR count). The number of rotatable bonds is 9. The van der Waals surface area contributed by atoms with Crippen molar-refractivity contribution in [1.29, 1.82) is 0 Å². The maximum atomic E-state index is 13.9. The van der Waals surface area contributed by atoms with Crippen LogP contribution in [0, 0.1) is 12.7 Å². The molecule has 0 aliphatic heterocycles. The van der Waals surface area contributed by atoms with Crippen molar-refractivity contribution in [2.45, 2.75) is 31.3 Å². The number of carbonyl (C=O) groups is 1. The first kappa shape index (κ1) is 21.8. The molecular weight excluding hydrogens is 403 g/mol. The topological polar surface area (TPSA) is 69.0 Å². The van der Waals surface area contributed by atoms with E-state index in [1.54, 1.807) is 26.2 Å². The molecule has 0 fully saturated rings. The Morgan fingerprint density at radius 3 is 2.63 bits per heavy atom. The Kier molecular flexibility index (Phi) is 7.46. The standard InChI is InChI=1S/C22H25FN4O2S/c1-15-7-12-19(18(23)13-15)24-21(28)14-30-22-26-25-20(27(22)2)6-4-5-16-8-10-17(29-3)11-9-16/h7-13H,4-6,14H2,1-3H3,(H,24,28). The SMILES string of the molecule is COc1ccc(CCCc2nnc(SCC(=O)Nc3ccc(C)cc3F)n2C)cc1. The molecule has 2 aromatic carbocycles. The van der Waals surface area contributed by atoms with Gasteiger partial charge in [0.25, 0.3) is 0 Å². The van der Waals surface area contributed by atoms with E-state index < -0.39 is 5.82 Å². The first-order valence-corrected chi connectivity index (χ1v) is 10.6. The lowest BCUT2D eigenvalue weighted by atomic mass is 10.1. The minimum absolute atomic E-state index is 0.130. The average molecular weight is 429 g/mol. The van der Waals surface area contributed by atoms with Crippen LogP contribution in [0.1, 0.15) is 23.4 Å². The zero-order chi connectivity index (χ0) is 21.5. The molecule has 0 spiro atoms. The second kappa shape index (κ2) is 10.2. The zero-order valence-electron chi connectivity index (χ0n) is 17.3. The summed E-state index contributed by atoms with van der Waals surface area (Å²) in [5.41, 5.74) is 2.23. The summed E-state index contributed by atoms with van der Waals surface area (Å²) in [6.07, 6.45) is 2.66. The Labute approximate surface area is 179 Å². The molecule has 0 bridgehead atoms. The summed E-state index contributed by atoms with van der Waals surface area (Å²) in [6.45, 7) is 1.80. The number of ether oxygens (including phenoxy) is 1. The fourth-order valence-electron chi connectivity index (χ4n) is 2.97. The van der Waals surface area contributed by atoms with Crippen LogP contribution in [0.25, 0.3) is 0 Å². The number of nitrogens with one attached hydrogen (secondary N) is 1. The van der Waals surface area contributed by atoms with Gasteiger partial charge in [0, 0.05) is 13.5 Å². The van der Waals surface area contributed by atoms with E-state index in [9.17, 15) is 9.18 Å². The lowest BCUT2D eigenvalue weighted by Crippen LogP contribution is -2.15. The number of aromatic nitrogens is 3. The van der Waals surface area contributed by atoms with Gasteiger partial charge in [-0.15, -0.1) is 10.2 Å². The highest BCUT2D eigenvalue weighted by Gasteiger charge is 2.13. The van der Waals surface area contributed by atoms with E-state index in [0.717, 1.165) is 36.4 Å². The molecule has 0 aliphatic rings. The number of thioether (sulfide) groups is 1. The van der Waals surface area contributed by atoms with Gasteiger partial charge in [0.1, 0.15) is 17.4 Å². The highest BCUT2D eigenvalue weighted by Crippen LogP contribution is 2.19. The molecular formula is C22H25FN4O2S. The minimum atomic E-state index is -0.439. The minimum Gasteiger partial charge on any atom is -0.497 e. The third kappa shape index (κ3) is 5.82. The van der Waals surface area contributed by atoms with Crippen LogP contribution in [-0.4, -0.2) is 33.5 Å². The number of hydrogen-bond donors (Lipinski definition) is 1. The number of benzene rings is 2. The maximum absolute atomic E-state index is 13.9. The highest BCUT2D eigenvalue weighted by molar-refractivity contribution is 7.99. The summed E-state index contributed by atoms with van der Waals surface area (Å²) in [6, 6.07) is 12.8. The van der Waals surface area contributed by atoms with Crippen molar-refractivity contribution in [3.8, 4) is 5.75 Å². The van der Waals surface area contributed by atoms with Gasteiger partial charge in [-0.05, 0) is 55.2 Å². The van der Waals surface area contributed by atoms with E-state index in [4.69, 9.17) is 4.74 Å². The van der Waals surface area contributed by atoms with E-state index in [-0.39, 0.29) is 17.3 Å². The zero-order valence-corrected chi connectivity index (χ0v) is 18.1. The van der Waals surface area contributed by atoms with Crippen LogP contribution in [0.15, 0.2) is 47.6 Å². The van der Waals surface area contributed by atoms with Gasteiger partial charge in [0.15, 0.2) is 5.16 Å².